The van der Waals surface area contributed by atoms with Crippen molar-refractivity contribution in [3.63, 3.8) is 0 Å². The number of hydrogen-bond acceptors (Lipinski definition) is 2. The summed E-state index contributed by atoms with van der Waals surface area (Å²) in [6, 6.07) is 20.2. The van der Waals surface area contributed by atoms with Gasteiger partial charge in [0.25, 0.3) is 0 Å². The van der Waals surface area contributed by atoms with Gasteiger partial charge in [0.1, 0.15) is 0 Å². The highest BCUT2D eigenvalue weighted by atomic mass is 15.2. The summed E-state index contributed by atoms with van der Waals surface area (Å²) >= 11 is 0. The van der Waals surface area contributed by atoms with E-state index in [-0.39, 0.29) is 0 Å². The topological polar surface area (TPSA) is 29.3 Å². The second kappa shape index (κ2) is 5.68. The molecule has 1 aliphatic carbocycles. The molecular weight excluding hydrogens is 244 g/mol. The number of nitrogen functional groups attached to an aromatic ring is 1. The number of nitrogens with zero attached hydrogens (tertiary/aromatic N) is 1. The molecule has 1 unspecified atom stereocenters. The van der Waals surface area contributed by atoms with Gasteiger partial charge in [-0.15, -0.1) is 0 Å². The van der Waals surface area contributed by atoms with Gasteiger partial charge >= 0.3 is 0 Å². The predicted octanol–water partition coefficient (Wildman–Crippen LogP) is 3.99. The van der Waals surface area contributed by atoms with E-state index in [4.69, 9.17) is 5.73 Å². The number of hydrogen-bond donors (Lipinski definition) is 1. The van der Waals surface area contributed by atoms with Gasteiger partial charge in [-0.05, 0) is 43.0 Å². The van der Waals surface area contributed by atoms with E-state index in [1.165, 1.54) is 24.0 Å². The maximum absolute atomic E-state index is 5.79. The molecule has 2 aromatic rings. The third kappa shape index (κ3) is 3.02. The summed E-state index contributed by atoms with van der Waals surface area (Å²) in [7, 11) is 0. The van der Waals surface area contributed by atoms with Gasteiger partial charge in [-0.25, -0.2) is 0 Å². The second-order valence-corrected chi connectivity index (χ2v) is 5.73. The molecule has 3 rings (SSSR count). The van der Waals surface area contributed by atoms with Gasteiger partial charge in [0.2, 0.25) is 0 Å². The lowest BCUT2D eigenvalue weighted by Gasteiger charge is -2.29. The highest BCUT2D eigenvalue weighted by Gasteiger charge is 2.32. The molecule has 2 heteroatoms. The zero-order chi connectivity index (χ0) is 13.9. The maximum atomic E-state index is 5.79. The summed E-state index contributed by atoms with van der Waals surface area (Å²) in [4.78, 5) is 2.61. The van der Waals surface area contributed by atoms with Gasteiger partial charge in [0.15, 0.2) is 0 Å². The predicted molar refractivity (Wildman–Crippen MR) is 84.3 cm³/mol. The lowest BCUT2D eigenvalue weighted by atomic mass is 10.1. The van der Waals surface area contributed by atoms with Gasteiger partial charge in [0.05, 0.1) is 0 Å². The minimum absolute atomic E-state index is 0.434. The Balaban J connectivity index is 1.78. The molecule has 0 aromatic heterocycles. The molecule has 2 aromatic carbocycles. The van der Waals surface area contributed by atoms with Crippen molar-refractivity contribution in [3.8, 4) is 0 Å². The summed E-state index contributed by atoms with van der Waals surface area (Å²) in [6.45, 7) is 3.32. The molecule has 2 N–H and O–H groups in total. The largest absolute Gasteiger partial charge is 0.399 e. The number of nitrogens with two attached hydrogens (primary N) is 1. The lowest BCUT2D eigenvalue weighted by Crippen LogP contribution is -2.28. The summed E-state index contributed by atoms with van der Waals surface area (Å²) in [5, 5.41) is 0. The number of anilines is 1. The van der Waals surface area contributed by atoms with Crippen LogP contribution in [0.15, 0.2) is 54.6 Å². The van der Waals surface area contributed by atoms with Crippen molar-refractivity contribution in [1.29, 1.82) is 0 Å². The molecule has 0 radical (unpaired) electrons. The molecule has 1 atom stereocenters. The van der Waals surface area contributed by atoms with Crippen molar-refractivity contribution in [3.05, 3.63) is 65.7 Å². The Kier molecular flexibility index (Phi) is 3.75. The van der Waals surface area contributed by atoms with E-state index in [2.05, 4.69) is 54.3 Å². The zero-order valence-corrected chi connectivity index (χ0v) is 12.0. The normalized spacial score (nSPS) is 16.3. The highest BCUT2D eigenvalue weighted by Crippen LogP contribution is 2.35. The molecule has 1 aliphatic rings. The SMILES string of the molecule is CC(c1ccc(N)cc1)N(Cc1ccccc1)C1CC1. The first-order valence-corrected chi connectivity index (χ1v) is 7.39. The van der Waals surface area contributed by atoms with Gasteiger partial charge in [0, 0.05) is 24.3 Å². The fraction of sp³-hybridized carbons (Fsp3) is 0.333. The second-order valence-electron chi connectivity index (χ2n) is 5.73. The average Bonchev–Trinajstić information content (AvgIpc) is 3.30. The average molecular weight is 266 g/mol. The van der Waals surface area contributed by atoms with Crippen LogP contribution < -0.4 is 5.73 Å². The molecule has 1 fully saturated rings. The third-order valence-corrected chi connectivity index (χ3v) is 4.14. The number of rotatable bonds is 5. The van der Waals surface area contributed by atoms with Gasteiger partial charge in [-0.3, -0.25) is 4.90 Å². The van der Waals surface area contributed by atoms with Crippen LogP contribution in [0.5, 0.6) is 0 Å². The van der Waals surface area contributed by atoms with Crippen LogP contribution in [0.2, 0.25) is 0 Å². The molecule has 0 aliphatic heterocycles. The molecule has 1 saturated carbocycles. The van der Waals surface area contributed by atoms with Crippen molar-refractivity contribution < 1.29 is 0 Å². The molecule has 0 heterocycles. The van der Waals surface area contributed by atoms with Crippen LogP contribution in [-0.4, -0.2) is 10.9 Å². The Morgan fingerprint density at radius 2 is 1.70 bits per heavy atom. The van der Waals surface area contributed by atoms with E-state index >= 15 is 0 Å². The minimum atomic E-state index is 0.434. The zero-order valence-electron chi connectivity index (χ0n) is 12.0. The van der Waals surface area contributed by atoms with Crippen LogP contribution in [0.1, 0.15) is 36.9 Å². The van der Waals surface area contributed by atoms with Crippen molar-refractivity contribution in [1.82, 2.24) is 4.90 Å². The molecule has 2 nitrogen and oxygen atoms in total. The third-order valence-electron chi connectivity index (χ3n) is 4.14. The van der Waals surface area contributed by atoms with Gasteiger partial charge in [-0.1, -0.05) is 42.5 Å². The van der Waals surface area contributed by atoms with Crippen molar-refractivity contribution in [2.45, 2.75) is 38.4 Å². The van der Waals surface area contributed by atoms with E-state index in [0.717, 1.165) is 18.3 Å². The Morgan fingerprint density at radius 1 is 1.05 bits per heavy atom. The molecular formula is C18H22N2. The van der Waals surface area contributed by atoms with Gasteiger partial charge < -0.3 is 5.73 Å². The molecule has 0 saturated heterocycles. The number of benzene rings is 2. The van der Waals surface area contributed by atoms with Crippen LogP contribution in [0.3, 0.4) is 0 Å². The maximum Gasteiger partial charge on any atom is 0.0326 e. The summed E-state index contributed by atoms with van der Waals surface area (Å²) in [5.74, 6) is 0. The van der Waals surface area contributed by atoms with E-state index in [1.807, 2.05) is 12.1 Å². The minimum Gasteiger partial charge on any atom is -0.399 e. The van der Waals surface area contributed by atoms with Crippen molar-refractivity contribution in [2.24, 2.45) is 0 Å². The first-order chi connectivity index (χ1) is 9.74. The van der Waals surface area contributed by atoms with Crippen molar-refractivity contribution >= 4 is 5.69 Å². The molecule has 104 valence electrons. The summed E-state index contributed by atoms with van der Waals surface area (Å²) in [6.07, 6.45) is 2.65. The first-order valence-electron chi connectivity index (χ1n) is 7.39. The molecule has 0 amide bonds. The molecule has 0 bridgehead atoms. The molecule has 0 spiro atoms. The Labute approximate surface area is 121 Å². The first kappa shape index (κ1) is 13.2. The highest BCUT2D eigenvalue weighted by molar-refractivity contribution is 5.40. The van der Waals surface area contributed by atoms with Crippen LogP contribution in [0.25, 0.3) is 0 Å². The van der Waals surface area contributed by atoms with E-state index in [0.29, 0.717) is 6.04 Å². The summed E-state index contributed by atoms with van der Waals surface area (Å²) in [5.41, 5.74) is 9.36. The summed E-state index contributed by atoms with van der Waals surface area (Å²) < 4.78 is 0. The molecule has 20 heavy (non-hydrogen) atoms. The Morgan fingerprint density at radius 3 is 2.30 bits per heavy atom. The van der Waals surface area contributed by atoms with Gasteiger partial charge in [-0.2, -0.15) is 0 Å². The van der Waals surface area contributed by atoms with E-state index in [9.17, 15) is 0 Å². The smallest absolute Gasteiger partial charge is 0.0326 e. The van der Waals surface area contributed by atoms with Crippen LogP contribution in [0.4, 0.5) is 5.69 Å². The van der Waals surface area contributed by atoms with Crippen LogP contribution in [-0.2, 0) is 6.54 Å². The monoisotopic (exact) mass is 266 g/mol. The van der Waals surface area contributed by atoms with E-state index in [1.54, 1.807) is 0 Å². The fourth-order valence-electron chi connectivity index (χ4n) is 2.75. The fourth-order valence-corrected chi connectivity index (χ4v) is 2.75. The quantitative estimate of drug-likeness (QED) is 0.829. The Hall–Kier alpha value is -1.80. The lowest BCUT2D eigenvalue weighted by molar-refractivity contribution is 0.190. The van der Waals surface area contributed by atoms with Crippen LogP contribution >= 0.6 is 0 Å². The standard InChI is InChI=1S/C18H22N2/c1-14(16-7-9-17(19)10-8-16)20(18-11-12-18)13-15-5-3-2-4-6-15/h2-10,14,18H,11-13,19H2,1H3. The Bertz CT molecular complexity index is 543. The van der Waals surface area contributed by atoms with Crippen LogP contribution in [0, 0.1) is 0 Å². The van der Waals surface area contributed by atoms with E-state index < -0.39 is 0 Å². The van der Waals surface area contributed by atoms with Crippen molar-refractivity contribution in [2.75, 3.05) is 5.73 Å².